The zero-order valence-electron chi connectivity index (χ0n) is 21.7. The van der Waals surface area contributed by atoms with Gasteiger partial charge in [0, 0.05) is 37.2 Å². The molecule has 3 rings (SSSR count). The second kappa shape index (κ2) is 14.8. The molecule has 0 bridgehead atoms. The van der Waals surface area contributed by atoms with Gasteiger partial charge in [0.2, 0.25) is 5.91 Å². The maximum absolute atomic E-state index is 12.1. The number of hydrogen-bond acceptors (Lipinski definition) is 6. The minimum Gasteiger partial charge on any atom is -0.383 e. The predicted octanol–water partition coefficient (Wildman–Crippen LogP) is 2.77. The average molecular weight is 515 g/mol. The summed E-state index contributed by atoms with van der Waals surface area (Å²) in [5.74, 6) is 2.16. The second-order valence-corrected chi connectivity index (χ2v) is 9.96. The van der Waals surface area contributed by atoms with E-state index in [9.17, 15) is 4.79 Å². The first kappa shape index (κ1) is 28.0. The largest absolute Gasteiger partial charge is 0.383 e. The molecular formula is C27H40N5O3S+. The quantitative estimate of drug-likeness (QED) is 0.184. The highest BCUT2D eigenvalue weighted by molar-refractivity contribution is 7.77. The van der Waals surface area contributed by atoms with Crippen molar-refractivity contribution in [1.29, 1.82) is 0 Å². The highest BCUT2D eigenvalue weighted by atomic mass is 32.2. The first-order valence-electron chi connectivity index (χ1n) is 12.7. The fourth-order valence-corrected chi connectivity index (χ4v) is 4.69. The van der Waals surface area contributed by atoms with Crippen molar-refractivity contribution in [2.45, 2.75) is 52.1 Å². The van der Waals surface area contributed by atoms with Crippen molar-refractivity contribution in [2.24, 2.45) is 10.7 Å². The standard InChI is InChI=1S/C27H39N5O3S/c1-4-25(32-12-14-34-15-13-32)17-24(19-36-3)30-27(28)22-10-8-21(9-11-22)6-5-7-26(33)29-18-23-16-20(2)35-31-23/h8-11,16-17,25H,4-7,12-15,18-19H2,1-3H3,(H2,28,30)(H,29,33)/p+1/b24-17-. The van der Waals surface area contributed by atoms with Gasteiger partial charge in [-0.2, -0.15) is 0 Å². The van der Waals surface area contributed by atoms with Crippen LogP contribution in [0.1, 0.15) is 48.8 Å². The molecular weight excluding hydrogens is 474 g/mol. The van der Waals surface area contributed by atoms with Gasteiger partial charge in [-0.05, 0) is 49.6 Å². The Morgan fingerprint density at radius 1 is 1.31 bits per heavy atom. The van der Waals surface area contributed by atoms with Crippen molar-refractivity contribution in [2.75, 3.05) is 38.3 Å². The number of amides is 1. The Morgan fingerprint density at radius 2 is 2.06 bits per heavy atom. The number of ether oxygens (including phenoxy) is 1. The van der Waals surface area contributed by atoms with Crippen LogP contribution in [0.2, 0.25) is 0 Å². The molecule has 1 aliphatic rings. The predicted molar refractivity (Wildman–Crippen MR) is 147 cm³/mol. The molecule has 196 valence electrons. The number of carbonyl (C=O) groups excluding carboxylic acids is 1. The zero-order chi connectivity index (χ0) is 25.8. The molecule has 1 aromatic carbocycles. The van der Waals surface area contributed by atoms with E-state index in [4.69, 9.17) is 20.0 Å². The number of morpholine rings is 1. The smallest absolute Gasteiger partial charge is 0.220 e. The molecule has 1 unspecified atom stereocenters. The van der Waals surface area contributed by atoms with E-state index in [-0.39, 0.29) is 5.91 Å². The Kier molecular flexibility index (Phi) is 11.5. The number of aliphatic imine (C=N–C) groups is 1. The number of benzene rings is 1. The van der Waals surface area contributed by atoms with Crippen molar-refractivity contribution in [3.8, 4) is 0 Å². The molecule has 1 aliphatic heterocycles. The van der Waals surface area contributed by atoms with Gasteiger partial charge in [0.1, 0.15) is 23.0 Å². The first-order chi connectivity index (χ1) is 17.5. The minimum absolute atomic E-state index is 0.0145. The Bertz CT molecular complexity index is 1010. The molecule has 1 fully saturated rings. The van der Waals surface area contributed by atoms with Crippen LogP contribution in [0.3, 0.4) is 0 Å². The molecule has 36 heavy (non-hydrogen) atoms. The van der Waals surface area contributed by atoms with Gasteiger partial charge < -0.3 is 20.3 Å². The lowest BCUT2D eigenvalue weighted by molar-refractivity contribution is -0.121. The maximum Gasteiger partial charge on any atom is 0.220 e. The third kappa shape index (κ3) is 9.11. The van der Waals surface area contributed by atoms with Gasteiger partial charge in [0.25, 0.3) is 0 Å². The summed E-state index contributed by atoms with van der Waals surface area (Å²) in [6.45, 7) is 7.92. The molecule has 3 N–H and O–H groups in total. The fourth-order valence-electron chi connectivity index (χ4n) is 4.19. The number of hydrogen-bond donors (Lipinski definition) is 2. The topological polar surface area (TPSA) is 106 Å². The van der Waals surface area contributed by atoms with E-state index in [1.54, 1.807) is 0 Å². The van der Waals surface area contributed by atoms with Crippen LogP contribution in [0.15, 0.2) is 51.6 Å². The lowest BCUT2D eigenvalue weighted by Crippen LogP contribution is -2.42. The Balaban J connectivity index is 1.52. The molecule has 0 radical (unpaired) electrons. The normalized spacial score (nSPS) is 16.2. The van der Waals surface area contributed by atoms with Crippen LogP contribution in [0, 0.1) is 6.92 Å². The summed E-state index contributed by atoms with van der Waals surface area (Å²) >= 11 is 1.26. The first-order valence-corrected chi connectivity index (χ1v) is 14.2. The molecule has 1 aromatic heterocycles. The van der Waals surface area contributed by atoms with E-state index >= 15 is 0 Å². The summed E-state index contributed by atoms with van der Waals surface area (Å²) in [5, 5.41) is 6.77. The SMILES string of the molecule is CCC(/C=C(/C[SH+]C)N=C(N)c1ccc(CCCC(=O)NCc2cc(C)on2)cc1)N1CCOCC1. The molecule has 1 amide bonds. The van der Waals surface area contributed by atoms with Crippen LogP contribution in [0.5, 0.6) is 0 Å². The summed E-state index contributed by atoms with van der Waals surface area (Å²) in [7, 11) is 0. The average Bonchev–Trinajstić information content (AvgIpc) is 3.32. The van der Waals surface area contributed by atoms with E-state index in [0.717, 1.165) is 74.0 Å². The molecule has 0 saturated carbocycles. The summed E-state index contributed by atoms with van der Waals surface area (Å²) in [4.78, 5) is 19.4. The van der Waals surface area contributed by atoms with Gasteiger partial charge in [0.05, 0.1) is 31.7 Å². The van der Waals surface area contributed by atoms with Crippen molar-refractivity contribution in [1.82, 2.24) is 15.4 Å². The van der Waals surface area contributed by atoms with Gasteiger partial charge in [-0.1, -0.05) is 36.3 Å². The van der Waals surface area contributed by atoms with Crippen molar-refractivity contribution in [3.63, 3.8) is 0 Å². The number of carbonyl (C=O) groups is 1. The second-order valence-electron chi connectivity index (χ2n) is 9.01. The van der Waals surface area contributed by atoms with E-state index in [2.05, 4.69) is 46.8 Å². The lowest BCUT2D eigenvalue weighted by atomic mass is 10.1. The number of nitrogens with two attached hydrogens (primary N) is 1. The Morgan fingerprint density at radius 3 is 2.69 bits per heavy atom. The Hall–Kier alpha value is -2.62. The molecule has 0 spiro atoms. The molecule has 9 heteroatoms. The summed E-state index contributed by atoms with van der Waals surface area (Å²) in [6.07, 6.45) is 7.51. The summed E-state index contributed by atoms with van der Waals surface area (Å²) in [5.41, 5.74) is 10.3. The lowest BCUT2D eigenvalue weighted by Gasteiger charge is -2.32. The van der Waals surface area contributed by atoms with Crippen molar-refractivity contribution >= 4 is 23.5 Å². The third-order valence-electron chi connectivity index (χ3n) is 6.16. The molecule has 8 nitrogen and oxygen atoms in total. The number of nitrogens with one attached hydrogen (secondary N) is 1. The highest BCUT2D eigenvalue weighted by Gasteiger charge is 2.19. The van der Waals surface area contributed by atoms with Gasteiger partial charge in [-0.15, -0.1) is 0 Å². The molecule has 0 aliphatic carbocycles. The van der Waals surface area contributed by atoms with Gasteiger partial charge in [-0.3, -0.25) is 9.69 Å². The van der Waals surface area contributed by atoms with E-state index < -0.39 is 0 Å². The number of nitrogens with zero attached hydrogens (tertiary/aromatic N) is 3. The Labute approximate surface area is 218 Å². The van der Waals surface area contributed by atoms with E-state index in [1.165, 1.54) is 17.3 Å². The molecule has 2 aromatic rings. The van der Waals surface area contributed by atoms with Crippen LogP contribution < -0.4 is 11.1 Å². The minimum atomic E-state index is 0.0145. The van der Waals surface area contributed by atoms with Crippen LogP contribution in [-0.2, 0) is 34.3 Å². The van der Waals surface area contributed by atoms with Crippen LogP contribution in [0.25, 0.3) is 0 Å². The summed E-state index contributed by atoms with van der Waals surface area (Å²) < 4.78 is 10.5. The maximum atomic E-state index is 12.1. The molecule has 1 atom stereocenters. The summed E-state index contributed by atoms with van der Waals surface area (Å²) in [6, 6.07) is 10.3. The molecule has 2 heterocycles. The van der Waals surface area contributed by atoms with Gasteiger partial charge in [-0.25, -0.2) is 4.99 Å². The van der Waals surface area contributed by atoms with Crippen LogP contribution in [-0.4, -0.2) is 66.2 Å². The number of thiol groups is 1. The third-order valence-corrected chi connectivity index (χ3v) is 6.80. The highest BCUT2D eigenvalue weighted by Crippen LogP contribution is 2.14. The van der Waals surface area contributed by atoms with E-state index in [1.807, 2.05) is 25.1 Å². The monoisotopic (exact) mass is 514 g/mol. The fraction of sp³-hybridized carbons (Fsp3) is 0.519. The number of aromatic nitrogens is 1. The van der Waals surface area contributed by atoms with Gasteiger partial charge >= 0.3 is 0 Å². The number of amidine groups is 1. The number of rotatable bonds is 13. The van der Waals surface area contributed by atoms with Crippen molar-refractivity contribution < 1.29 is 14.1 Å². The van der Waals surface area contributed by atoms with Gasteiger partial charge in [0.15, 0.2) is 0 Å². The van der Waals surface area contributed by atoms with Crippen LogP contribution >= 0.6 is 0 Å². The molecule has 1 saturated heterocycles. The van der Waals surface area contributed by atoms with E-state index in [0.29, 0.717) is 24.8 Å². The number of aryl methyl sites for hydroxylation is 2. The van der Waals surface area contributed by atoms with Crippen LogP contribution in [0.4, 0.5) is 0 Å². The zero-order valence-corrected chi connectivity index (χ0v) is 22.6. The van der Waals surface area contributed by atoms with Crippen molar-refractivity contribution in [3.05, 3.63) is 64.7 Å².